The lowest BCUT2D eigenvalue weighted by Crippen LogP contribution is -2.23. The van der Waals surface area contributed by atoms with E-state index in [1.54, 1.807) is 36.7 Å². The Balaban J connectivity index is 1.16. The predicted octanol–water partition coefficient (Wildman–Crippen LogP) is 4.94. The summed E-state index contributed by atoms with van der Waals surface area (Å²) in [6.07, 6.45) is 3.31. The van der Waals surface area contributed by atoms with Crippen LogP contribution >= 0.6 is 0 Å². The second kappa shape index (κ2) is 12.6. The Labute approximate surface area is 241 Å². The summed E-state index contributed by atoms with van der Waals surface area (Å²) in [7, 11) is -3.92. The van der Waals surface area contributed by atoms with Crippen molar-refractivity contribution < 1.29 is 26.8 Å². The summed E-state index contributed by atoms with van der Waals surface area (Å²) in [5.74, 6) is -4.42. The zero-order valence-electron chi connectivity index (χ0n) is 22.2. The molecule has 0 bridgehead atoms. The number of nitrogens with zero attached hydrogens (tertiary/aromatic N) is 3. The van der Waals surface area contributed by atoms with Gasteiger partial charge in [0, 0.05) is 41.3 Å². The zero-order chi connectivity index (χ0) is 29.6. The minimum Gasteiger partial charge on any atom is -0.387 e. The summed E-state index contributed by atoms with van der Waals surface area (Å²) < 4.78 is 62.7. The van der Waals surface area contributed by atoms with E-state index in [1.165, 1.54) is 48.5 Å². The van der Waals surface area contributed by atoms with Crippen molar-refractivity contribution in [1.29, 1.82) is 0 Å². The molecule has 3 N–H and O–H groups in total. The minimum absolute atomic E-state index is 0.0231. The van der Waals surface area contributed by atoms with Gasteiger partial charge in [-0.15, -0.1) is 0 Å². The molecule has 1 atom stereocenters. The predicted molar refractivity (Wildman–Crippen MR) is 152 cm³/mol. The molecule has 0 aliphatic carbocycles. The van der Waals surface area contributed by atoms with Crippen LogP contribution in [0.3, 0.4) is 0 Å². The molecule has 3 aromatic carbocycles. The first-order valence-electron chi connectivity index (χ1n) is 13.0. The van der Waals surface area contributed by atoms with E-state index in [0.29, 0.717) is 30.8 Å². The molecule has 0 radical (unpaired) electrons. The van der Waals surface area contributed by atoms with Gasteiger partial charge in [-0.3, -0.25) is 9.71 Å². The first kappa shape index (κ1) is 29.0. The highest BCUT2D eigenvalue weighted by Gasteiger charge is 2.40. The summed E-state index contributed by atoms with van der Waals surface area (Å²) in [6, 6.07) is 23.2. The number of benzene rings is 3. The average molecular weight is 592 g/mol. The number of sulfonamides is 1. The van der Waals surface area contributed by atoms with Crippen LogP contribution in [0, 0.1) is 0 Å². The number of halogens is 2. The van der Waals surface area contributed by atoms with Gasteiger partial charge >= 0.3 is 11.8 Å². The molecule has 216 valence electrons. The molecule has 1 unspecified atom stereocenters. The molecule has 2 heterocycles. The maximum atomic E-state index is 14.7. The lowest BCUT2D eigenvalue weighted by Gasteiger charge is -2.12. The first-order valence-corrected chi connectivity index (χ1v) is 14.5. The number of aliphatic hydroxyl groups is 1. The number of anilines is 1. The van der Waals surface area contributed by atoms with E-state index in [9.17, 15) is 22.3 Å². The molecule has 2 aromatic heterocycles. The maximum absolute atomic E-state index is 14.7. The van der Waals surface area contributed by atoms with E-state index in [-0.39, 0.29) is 16.3 Å². The molecule has 12 heteroatoms. The molecule has 0 aliphatic rings. The average Bonchev–Trinajstić information content (AvgIpc) is 3.52. The van der Waals surface area contributed by atoms with E-state index in [4.69, 9.17) is 4.52 Å². The minimum atomic E-state index is -3.92. The highest BCUT2D eigenvalue weighted by atomic mass is 32.2. The van der Waals surface area contributed by atoms with Crippen LogP contribution in [0.2, 0.25) is 0 Å². The number of aliphatic hydroxyl groups excluding tert-OH is 1. The summed E-state index contributed by atoms with van der Waals surface area (Å²) in [4.78, 5) is 7.81. The second-order valence-corrected chi connectivity index (χ2v) is 11.1. The number of nitrogens with one attached hydrogen (secondary N) is 2. The third-order valence-electron chi connectivity index (χ3n) is 6.46. The van der Waals surface area contributed by atoms with Gasteiger partial charge < -0.3 is 14.9 Å². The van der Waals surface area contributed by atoms with Crippen molar-refractivity contribution >= 4 is 15.7 Å². The van der Waals surface area contributed by atoms with Crippen molar-refractivity contribution in [3.05, 3.63) is 126 Å². The third kappa shape index (κ3) is 6.85. The molecule has 0 fully saturated rings. The standard InChI is InChI=1S/C30H27F2N5O4S/c31-30(32,24-6-2-1-3-7-24)29-35-28(36-41-29)22-10-14-26(15-11-22)42(39,40)37-25-12-8-21(9-13-25)16-18-34-20-27(38)23-5-4-17-33-19-23/h1-15,17,19,27,34,37-38H,16,18,20H2. The second-order valence-electron chi connectivity index (χ2n) is 9.45. The highest BCUT2D eigenvalue weighted by Crippen LogP contribution is 2.35. The largest absolute Gasteiger partial charge is 0.387 e. The lowest BCUT2D eigenvalue weighted by molar-refractivity contribution is 0.00761. The van der Waals surface area contributed by atoms with Crippen LogP contribution in [0.4, 0.5) is 14.5 Å². The van der Waals surface area contributed by atoms with E-state index in [0.717, 1.165) is 11.1 Å². The maximum Gasteiger partial charge on any atom is 0.350 e. The van der Waals surface area contributed by atoms with Crippen LogP contribution in [0.1, 0.15) is 28.7 Å². The quantitative estimate of drug-likeness (QED) is 0.174. The van der Waals surface area contributed by atoms with Gasteiger partial charge in [-0.25, -0.2) is 8.42 Å². The molecule has 0 saturated carbocycles. The number of pyridine rings is 1. The van der Waals surface area contributed by atoms with Crippen LogP contribution < -0.4 is 10.0 Å². The first-order chi connectivity index (χ1) is 20.2. The topological polar surface area (TPSA) is 130 Å². The normalized spacial score (nSPS) is 12.6. The van der Waals surface area contributed by atoms with Crippen molar-refractivity contribution in [1.82, 2.24) is 20.4 Å². The number of hydrogen-bond donors (Lipinski definition) is 3. The van der Waals surface area contributed by atoms with Gasteiger partial charge in [-0.1, -0.05) is 53.7 Å². The zero-order valence-corrected chi connectivity index (χ0v) is 23.0. The van der Waals surface area contributed by atoms with Gasteiger partial charge in [0.2, 0.25) is 5.82 Å². The Morgan fingerprint density at radius 1 is 0.929 bits per heavy atom. The molecule has 42 heavy (non-hydrogen) atoms. The molecular formula is C30H27F2N5O4S. The Morgan fingerprint density at radius 2 is 1.67 bits per heavy atom. The fourth-order valence-electron chi connectivity index (χ4n) is 4.14. The van der Waals surface area contributed by atoms with Gasteiger partial charge in [0.15, 0.2) is 0 Å². The van der Waals surface area contributed by atoms with E-state index in [1.807, 2.05) is 18.2 Å². The molecular weight excluding hydrogens is 564 g/mol. The van der Waals surface area contributed by atoms with Crippen molar-refractivity contribution in [2.24, 2.45) is 0 Å². The van der Waals surface area contributed by atoms with Crippen LogP contribution in [0.5, 0.6) is 0 Å². The lowest BCUT2D eigenvalue weighted by atomic mass is 10.1. The van der Waals surface area contributed by atoms with Crippen LogP contribution in [-0.4, -0.2) is 41.7 Å². The van der Waals surface area contributed by atoms with Gasteiger partial charge in [0.05, 0.1) is 11.0 Å². The Bertz CT molecular complexity index is 1700. The SMILES string of the molecule is O=S(=O)(Nc1ccc(CCNCC(O)c2cccnc2)cc1)c1ccc(-c2noc(C(F)(F)c3ccccc3)n2)cc1. The number of hydrogen-bond acceptors (Lipinski definition) is 8. The van der Waals surface area contributed by atoms with Gasteiger partial charge in [0.1, 0.15) is 0 Å². The van der Waals surface area contributed by atoms with Crippen LogP contribution in [0.15, 0.2) is 113 Å². The molecule has 0 aliphatic heterocycles. The molecule has 5 aromatic rings. The fraction of sp³-hybridized carbons (Fsp3) is 0.167. The Hall–Kier alpha value is -4.52. The van der Waals surface area contributed by atoms with E-state index >= 15 is 0 Å². The number of alkyl halides is 2. The fourth-order valence-corrected chi connectivity index (χ4v) is 5.20. The molecule has 0 amide bonds. The molecule has 9 nitrogen and oxygen atoms in total. The smallest absolute Gasteiger partial charge is 0.350 e. The van der Waals surface area contributed by atoms with Crippen LogP contribution in [0.25, 0.3) is 11.4 Å². The van der Waals surface area contributed by atoms with Crippen molar-refractivity contribution in [2.75, 3.05) is 17.8 Å². The number of rotatable bonds is 12. The summed E-state index contributed by atoms with van der Waals surface area (Å²) >= 11 is 0. The Morgan fingerprint density at radius 3 is 2.36 bits per heavy atom. The monoisotopic (exact) mass is 591 g/mol. The van der Waals surface area contributed by atoms with Gasteiger partial charge in [-0.05, 0) is 61.0 Å². The van der Waals surface area contributed by atoms with Crippen molar-refractivity contribution in [3.63, 3.8) is 0 Å². The molecule has 5 rings (SSSR count). The third-order valence-corrected chi connectivity index (χ3v) is 7.85. The van der Waals surface area contributed by atoms with Gasteiger partial charge in [-0.2, -0.15) is 13.8 Å². The Kier molecular flexibility index (Phi) is 8.67. The molecule has 0 saturated heterocycles. The summed E-state index contributed by atoms with van der Waals surface area (Å²) in [5.41, 5.74) is 2.15. The van der Waals surface area contributed by atoms with E-state index in [2.05, 4.69) is 25.2 Å². The molecule has 0 spiro atoms. The van der Waals surface area contributed by atoms with Crippen molar-refractivity contribution in [3.8, 4) is 11.4 Å². The van der Waals surface area contributed by atoms with Crippen molar-refractivity contribution in [2.45, 2.75) is 23.3 Å². The van der Waals surface area contributed by atoms with Crippen LogP contribution in [-0.2, 0) is 22.4 Å². The summed E-state index contributed by atoms with van der Waals surface area (Å²) in [6.45, 7) is 1.01. The van der Waals surface area contributed by atoms with Gasteiger partial charge in [0.25, 0.3) is 10.0 Å². The van der Waals surface area contributed by atoms with E-state index < -0.39 is 27.9 Å². The number of aromatic nitrogens is 3. The summed E-state index contributed by atoms with van der Waals surface area (Å²) in [5, 5.41) is 17.0. The highest BCUT2D eigenvalue weighted by molar-refractivity contribution is 7.92.